The third-order valence-corrected chi connectivity index (χ3v) is 8.35. The van der Waals surface area contributed by atoms with Gasteiger partial charge in [0.1, 0.15) is 5.84 Å². The van der Waals surface area contributed by atoms with Crippen molar-refractivity contribution in [3.63, 3.8) is 0 Å². The average molecular weight is 523 g/mol. The van der Waals surface area contributed by atoms with E-state index in [0.717, 1.165) is 66.2 Å². The van der Waals surface area contributed by atoms with Gasteiger partial charge in [0, 0.05) is 41.3 Å². The smallest absolute Gasteiger partial charge is 0.139 e. The molecule has 38 heavy (non-hydrogen) atoms. The molecule has 0 amide bonds. The minimum Gasteiger partial charge on any atom is -0.366 e. The van der Waals surface area contributed by atoms with E-state index in [9.17, 15) is 0 Å². The van der Waals surface area contributed by atoms with Crippen molar-refractivity contribution in [2.75, 3.05) is 11.4 Å². The fourth-order valence-electron chi connectivity index (χ4n) is 6.11. The van der Waals surface area contributed by atoms with Gasteiger partial charge in [-0.3, -0.25) is 10.4 Å². The zero-order valence-corrected chi connectivity index (χ0v) is 22.0. The van der Waals surface area contributed by atoms with Gasteiger partial charge in [-0.05, 0) is 78.0 Å². The number of hydrazine groups is 2. The van der Waals surface area contributed by atoms with Gasteiger partial charge >= 0.3 is 0 Å². The number of rotatable bonds is 8. The van der Waals surface area contributed by atoms with Gasteiger partial charge in [0.25, 0.3) is 0 Å². The summed E-state index contributed by atoms with van der Waals surface area (Å²) in [5, 5.41) is 6.12. The zero-order chi connectivity index (χ0) is 25.5. The van der Waals surface area contributed by atoms with E-state index in [-0.39, 0.29) is 0 Å². The Morgan fingerprint density at radius 2 is 1.89 bits per heavy atom. The number of fused-ring (bicyclic) bond motifs is 2. The molecule has 7 heteroatoms. The monoisotopic (exact) mass is 522 g/mol. The molecule has 3 aromatic carbocycles. The standard InChI is InChI=1S/C31H31ClN6/c32-26-10-7-21-8-11-27(33-29(21)18-26)16-25-17-28(25)24-6-1-3-20(15-24)19-38-14-13-23-5-2-4-22(31(23)38)9-12-30-34-36-37-35-30/h1-8,10-11,15,18,25,28,36-37H,9,12-14,16-17,19H2,(H,34,35). The first-order chi connectivity index (χ1) is 18.7. The molecule has 3 aliphatic rings. The number of aromatic nitrogens is 1. The quantitative estimate of drug-likeness (QED) is 0.279. The Balaban J connectivity index is 1.03. The van der Waals surface area contributed by atoms with Gasteiger partial charge < -0.3 is 4.90 Å². The summed E-state index contributed by atoms with van der Waals surface area (Å²) in [7, 11) is 0. The van der Waals surface area contributed by atoms with Crippen molar-refractivity contribution in [1.82, 2.24) is 21.5 Å². The van der Waals surface area contributed by atoms with Crippen molar-refractivity contribution in [2.24, 2.45) is 11.0 Å². The van der Waals surface area contributed by atoms with Crippen molar-refractivity contribution in [3.05, 3.63) is 106 Å². The molecule has 1 saturated carbocycles. The molecule has 3 N–H and O–H groups in total. The molecular formula is C31H31ClN6. The first-order valence-electron chi connectivity index (χ1n) is 13.5. The Bertz CT molecular complexity index is 1530. The molecule has 1 aliphatic carbocycles. The van der Waals surface area contributed by atoms with Gasteiger partial charge in [-0.2, -0.15) is 0 Å². The summed E-state index contributed by atoms with van der Waals surface area (Å²) in [6, 6.07) is 26.3. The predicted octanol–water partition coefficient (Wildman–Crippen LogP) is 5.66. The van der Waals surface area contributed by atoms with Gasteiger partial charge in [0.15, 0.2) is 0 Å². The topological polar surface area (TPSA) is 64.6 Å². The molecular weight excluding hydrogens is 492 g/mol. The van der Waals surface area contributed by atoms with Crippen LogP contribution < -0.4 is 21.4 Å². The Labute approximate surface area is 228 Å². The predicted molar refractivity (Wildman–Crippen MR) is 154 cm³/mol. The number of pyridine rings is 1. The largest absolute Gasteiger partial charge is 0.366 e. The van der Waals surface area contributed by atoms with Gasteiger partial charge in [-0.15, -0.1) is 10.6 Å². The van der Waals surface area contributed by atoms with Crippen molar-refractivity contribution in [3.8, 4) is 0 Å². The van der Waals surface area contributed by atoms with Gasteiger partial charge in [0.05, 0.1) is 5.52 Å². The lowest BCUT2D eigenvalue weighted by Crippen LogP contribution is -2.35. The van der Waals surface area contributed by atoms with E-state index in [1.807, 2.05) is 18.2 Å². The summed E-state index contributed by atoms with van der Waals surface area (Å²) >= 11 is 6.19. The number of amidine groups is 1. The minimum absolute atomic E-state index is 0.620. The van der Waals surface area contributed by atoms with Crippen LogP contribution in [0.5, 0.6) is 0 Å². The molecule has 2 unspecified atom stereocenters. The third kappa shape index (κ3) is 4.82. The molecule has 1 aromatic heterocycles. The van der Waals surface area contributed by atoms with Gasteiger partial charge in [0.2, 0.25) is 0 Å². The van der Waals surface area contributed by atoms with Gasteiger partial charge in [-0.25, -0.2) is 5.53 Å². The maximum atomic E-state index is 6.19. The second kappa shape index (κ2) is 9.93. The van der Waals surface area contributed by atoms with Crippen LogP contribution >= 0.6 is 11.6 Å². The molecule has 7 rings (SSSR count). The molecule has 0 saturated heterocycles. The second-order valence-electron chi connectivity index (χ2n) is 10.7. The Morgan fingerprint density at radius 3 is 2.82 bits per heavy atom. The summed E-state index contributed by atoms with van der Waals surface area (Å²) in [6.07, 6.45) is 5.21. The van der Waals surface area contributed by atoms with E-state index in [2.05, 4.69) is 81.1 Å². The van der Waals surface area contributed by atoms with E-state index in [1.165, 1.54) is 34.4 Å². The number of aryl methyl sites for hydroxylation is 1. The summed E-state index contributed by atoms with van der Waals surface area (Å²) in [4.78, 5) is 7.46. The van der Waals surface area contributed by atoms with E-state index in [1.54, 1.807) is 0 Å². The van der Waals surface area contributed by atoms with Crippen LogP contribution in [-0.2, 0) is 25.8 Å². The normalized spacial score (nSPS) is 19.7. The highest BCUT2D eigenvalue weighted by Crippen LogP contribution is 2.49. The van der Waals surface area contributed by atoms with Crippen LogP contribution in [0.25, 0.3) is 10.9 Å². The van der Waals surface area contributed by atoms with Gasteiger partial charge in [-0.1, -0.05) is 66.2 Å². The Morgan fingerprint density at radius 1 is 0.974 bits per heavy atom. The van der Waals surface area contributed by atoms with E-state index < -0.39 is 0 Å². The molecule has 2 atom stereocenters. The van der Waals surface area contributed by atoms with Crippen LogP contribution in [0.15, 0.2) is 77.9 Å². The average Bonchev–Trinajstić information content (AvgIpc) is 3.29. The van der Waals surface area contributed by atoms with Crippen LogP contribution in [0.3, 0.4) is 0 Å². The molecule has 0 bridgehead atoms. The summed E-state index contributed by atoms with van der Waals surface area (Å²) in [6.45, 7) is 2.02. The number of nitrogens with zero attached hydrogens (tertiary/aromatic N) is 3. The first-order valence-corrected chi connectivity index (χ1v) is 13.9. The Kier molecular flexibility index (Phi) is 6.14. The maximum absolute atomic E-state index is 6.19. The van der Waals surface area contributed by atoms with E-state index >= 15 is 0 Å². The van der Waals surface area contributed by atoms with Crippen molar-refractivity contribution < 1.29 is 0 Å². The van der Waals surface area contributed by atoms with E-state index in [4.69, 9.17) is 16.6 Å². The lowest BCUT2D eigenvalue weighted by molar-refractivity contribution is 0.576. The van der Waals surface area contributed by atoms with E-state index in [0.29, 0.717) is 11.8 Å². The number of hydrogen-bond donors (Lipinski definition) is 3. The van der Waals surface area contributed by atoms with Crippen LogP contribution in [0.1, 0.15) is 46.7 Å². The van der Waals surface area contributed by atoms with Crippen LogP contribution in [-0.4, -0.2) is 17.4 Å². The molecule has 3 heterocycles. The zero-order valence-electron chi connectivity index (χ0n) is 21.3. The lowest BCUT2D eigenvalue weighted by atomic mass is 10.0. The molecule has 1 fully saturated rings. The summed E-state index contributed by atoms with van der Waals surface area (Å²) in [5.41, 5.74) is 17.9. The molecule has 4 aromatic rings. The van der Waals surface area contributed by atoms with Crippen LogP contribution in [0.4, 0.5) is 5.69 Å². The van der Waals surface area contributed by atoms with Crippen LogP contribution in [0, 0.1) is 5.92 Å². The third-order valence-electron chi connectivity index (χ3n) is 8.11. The summed E-state index contributed by atoms with van der Waals surface area (Å²) < 4.78 is 0. The number of benzene rings is 3. The highest BCUT2D eigenvalue weighted by molar-refractivity contribution is 6.31. The number of hydrazone groups is 1. The first kappa shape index (κ1) is 23.5. The second-order valence-corrected chi connectivity index (χ2v) is 11.1. The fourth-order valence-corrected chi connectivity index (χ4v) is 6.28. The molecule has 0 radical (unpaired) electrons. The van der Waals surface area contributed by atoms with Crippen LogP contribution in [0.2, 0.25) is 5.02 Å². The Hall–Kier alpha value is -3.61. The van der Waals surface area contributed by atoms with Crippen molar-refractivity contribution in [2.45, 2.75) is 44.6 Å². The fraction of sp³-hybridized carbons (Fsp3) is 0.290. The molecule has 0 spiro atoms. The number of hydrogen-bond acceptors (Lipinski definition) is 6. The summed E-state index contributed by atoms with van der Waals surface area (Å²) in [5.74, 6) is 2.22. The number of halogens is 1. The lowest BCUT2D eigenvalue weighted by Gasteiger charge is -2.23. The number of anilines is 1. The maximum Gasteiger partial charge on any atom is 0.139 e. The highest BCUT2D eigenvalue weighted by atomic mass is 35.5. The van der Waals surface area contributed by atoms with Crippen molar-refractivity contribution in [1.29, 1.82) is 0 Å². The number of nitrogens with one attached hydrogen (secondary N) is 3. The molecule has 2 aliphatic heterocycles. The highest BCUT2D eigenvalue weighted by Gasteiger charge is 2.38. The molecule has 6 nitrogen and oxygen atoms in total. The van der Waals surface area contributed by atoms with Crippen molar-refractivity contribution >= 4 is 34.0 Å². The number of para-hydroxylation sites is 1. The molecule has 192 valence electrons. The minimum atomic E-state index is 0.620. The SMILES string of the molecule is Clc1ccc2ccc(CC3CC3c3cccc(CN4CCc5cccc(CCC6=NNNN6)c54)c3)nc2c1.